The van der Waals surface area contributed by atoms with Crippen LogP contribution in [0, 0.1) is 11.8 Å². The van der Waals surface area contributed by atoms with Crippen molar-refractivity contribution in [2.75, 3.05) is 20.3 Å². The van der Waals surface area contributed by atoms with Crippen LogP contribution < -0.4 is 14.8 Å². The number of amides is 2. The molecule has 1 saturated carbocycles. The lowest BCUT2D eigenvalue weighted by Crippen LogP contribution is -2.44. The first-order valence-electron chi connectivity index (χ1n) is 15.2. The lowest BCUT2D eigenvalue weighted by atomic mass is 9.96. The van der Waals surface area contributed by atoms with Gasteiger partial charge in [0.15, 0.2) is 6.61 Å². The van der Waals surface area contributed by atoms with Crippen molar-refractivity contribution in [2.45, 2.75) is 71.0 Å². The zero-order chi connectivity index (χ0) is 30.3. The first-order valence-corrected chi connectivity index (χ1v) is 15.2. The number of benzene rings is 3. The standard InChI is InChI=1S/C36H42N2O5/c1-3-4-24-42-33-20-16-29(17-21-33)11-10-28-12-14-30(15-13-28)25-38(36(40)37-32-8-6-5-7-9-32)26-31-18-22-34(23-19-31)43-27-35(39)41-2/h12-23,32H,3-9,24-27H2,1-2H3,(H,37,40). The van der Waals surface area contributed by atoms with Crippen molar-refractivity contribution >= 4 is 12.0 Å². The summed E-state index contributed by atoms with van der Waals surface area (Å²) < 4.78 is 15.8. The zero-order valence-corrected chi connectivity index (χ0v) is 25.3. The van der Waals surface area contributed by atoms with Crippen LogP contribution in [0.15, 0.2) is 72.8 Å². The fourth-order valence-electron chi connectivity index (χ4n) is 4.85. The number of urea groups is 1. The fraction of sp³-hybridized carbons (Fsp3) is 0.389. The molecule has 0 heterocycles. The molecule has 1 N–H and O–H groups in total. The zero-order valence-electron chi connectivity index (χ0n) is 25.3. The van der Waals surface area contributed by atoms with Crippen LogP contribution in [0.5, 0.6) is 11.5 Å². The van der Waals surface area contributed by atoms with E-state index in [-0.39, 0.29) is 18.7 Å². The first-order chi connectivity index (χ1) is 21.0. The molecule has 0 saturated heterocycles. The summed E-state index contributed by atoms with van der Waals surface area (Å²) in [4.78, 5) is 26.6. The second-order valence-electron chi connectivity index (χ2n) is 10.8. The number of rotatable bonds is 12. The lowest BCUT2D eigenvalue weighted by Gasteiger charge is -2.28. The van der Waals surface area contributed by atoms with Crippen LogP contribution in [0.3, 0.4) is 0 Å². The van der Waals surface area contributed by atoms with Gasteiger partial charge in [-0.2, -0.15) is 0 Å². The van der Waals surface area contributed by atoms with Crippen molar-refractivity contribution < 1.29 is 23.8 Å². The Balaban J connectivity index is 1.39. The highest BCUT2D eigenvalue weighted by Crippen LogP contribution is 2.20. The van der Waals surface area contributed by atoms with Gasteiger partial charge in [-0.05, 0) is 78.9 Å². The molecular weight excluding hydrogens is 540 g/mol. The fourth-order valence-corrected chi connectivity index (χ4v) is 4.85. The van der Waals surface area contributed by atoms with E-state index >= 15 is 0 Å². The number of esters is 1. The predicted molar refractivity (Wildman–Crippen MR) is 168 cm³/mol. The van der Waals surface area contributed by atoms with Gasteiger partial charge in [0.25, 0.3) is 0 Å². The second kappa shape index (κ2) is 16.9. The molecule has 0 bridgehead atoms. The Morgan fingerprint density at radius 2 is 1.33 bits per heavy atom. The number of ether oxygens (including phenoxy) is 3. The van der Waals surface area contributed by atoms with E-state index in [4.69, 9.17) is 9.47 Å². The van der Waals surface area contributed by atoms with Crippen LogP contribution >= 0.6 is 0 Å². The summed E-state index contributed by atoms with van der Waals surface area (Å²) in [7, 11) is 1.33. The maximum atomic E-state index is 13.4. The summed E-state index contributed by atoms with van der Waals surface area (Å²) in [5.41, 5.74) is 3.83. The van der Waals surface area contributed by atoms with Crippen LogP contribution in [0.25, 0.3) is 0 Å². The molecule has 0 aromatic heterocycles. The summed E-state index contributed by atoms with van der Waals surface area (Å²) >= 11 is 0. The minimum atomic E-state index is -0.437. The molecule has 0 atom stereocenters. The minimum Gasteiger partial charge on any atom is -0.494 e. The monoisotopic (exact) mass is 582 g/mol. The van der Waals surface area contributed by atoms with Crippen molar-refractivity contribution in [1.29, 1.82) is 0 Å². The molecule has 7 nitrogen and oxygen atoms in total. The molecule has 4 rings (SSSR count). The van der Waals surface area contributed by atoms with E-state index in [1.54, 1.807) is 12.1 Å². The third-order valence-electron chi connectivity index (χ3n) is 7.40. The van der Waals surface area contributed by atoms with Crippen molar-refractivity contribution in [3.05, 3.63) is 95.1 Å². The number of carbonyl (C=O) groups is 2. The summed E-state index contributed by atoms with van der Waals surface area (Å²) in [5.74, 6) is 7.45. The molecule has 0 radical (unpaired) electrons. The molecule has 0 aliphatic heterocycles. The molecule has 0 unspecified atom stereocenters. The van der Waals surface area contributed by atoms with E-state index in [1.807, 2.05) is 65.6 Å². The van der Waals surface area contributed by atoms with E-state index < -0.39 is 5.97 Å². The quantitative estimate of drug-likeness (QED) is 0.143. The summed E-state index contributed by atoms with van der Waals surface area (Å²) in [6.45, 7) is 3.63. The van der Waals surface area contributed by atoms with Gasteiger partial charge in [-0.15, -0.1) is 0 Å². The normalized spacial score (nSPS) is 12.9. The Bertz CT molecular complexity index is 1350. The van der Waals surface area contributed by atoms with Gasteiger partial charge in [0.05, 0.1) is 13.7 Å². The third kappa shape index (κ3) is 10.7. The van der Waals surface area contributed by atoms with Gasteiger partial charge >= 0.3 is 12.0 Å². The largest absolute Gasteiger partial charge is 0.494 e. The van der Waals surface area contributed by atoms with E-state index in [1.165, 1.54) is 13.5 Å². The Hall–Kier alpha value is -4.44. The van der Waals surface area contributed by atoms with Crippen LogP contribution in [0.4, 0.5) is 4.79 Å². The number of carbonyl (C=O) groups excluding carboxylic acids is 2. The third-order valence-corrected chi connectivity index (χ3v) is 7.40. The summed E-state index contributed by atoms with van der Waals surface area (Å²) in [5, 5.41) is 3.26. The van der Waals surface area contributed by atoms with Gasteiger partial charge in [0.2, 0.25) is 0 Å². The first kappa shape index (κ1) is 31.5. The molecule has 226 valence electrons. The maximum absolute atomic E-state index is 13.4. The highest BCUT2D eigenvalue weighted by atomic mass is 16.6. The van der Waals surface area contributed by atoms with Gasteiger partial charge in [0, 0.05) is 30.3 Å². The van der Waals surface area contributed by atoms with Crippen LogP contribution in [-0.2, 0) is 22.6 Å². The van der Waals surface area contributed by atoms with Crippen molar-refractivity contribution in [1.82, 2.24) is 10.2 Å². The summed E-state index contributed by atoms with van der Waals surface area (Å²) in [6.07, 6.45) is 7.73. The highest BCUT2D eigenvalue weighted by Gasteiger charge is 2.20. The predicted octanol–water partition coefficient (Wildman–Crippen LogP) is 6.86. The van der Waals surface area contributed by atoms with Crippen molar-refractivity contribution in [2.24, 2.45) is 0 Å². The number of hydrogen-bond acceptors (Lipinski definition) is 5. The Morgan fingerprint density at radius 3 is 1.91 bits per heavy atom. The van der Waals surface area contributed by atoms with E-state index in [0.717, 1.165) is 73.1 Å². The maximum Gasteiger partial charge on any atom is 0.343 e. The number of unbranched alkanes of at least 4 members (excludes halogenated alkanes) is 1. The van der Waals surface area contributed by atoms with Gasteiger partial charge in [0.1, 0.15) is 11.5 Å². The lowest BCUT2D eigenvalue weighted by molar-refractivity contribution is -0.142. The molecule has 1 fully saturated rings. The number of methoxy groups -OCH3 is 1. The average Bonchev–Trinajstić information content (AvgIpc) is 3.04. The topological polar surface area (TPSA) is 77.1 Å². The molecule has 3 aromatic rings. The van der Waals surface area contributed by atoms with Gasteiger partial charge in [-0.25, -0.2) is 9.59 Å². The molecule has 0 spiro atoms. The van der Waals surface area contributed by atoms with Crippen LogP contribution in [0.1, 0.15) is 74.1 Å². The van der Waals surface area contributed by atoms with Crippen molar-refractivity contribution in [3.63, 3.8) is 0 Å². The highest BCUT2D eigenvalue weighted by molar-refractivity contribution is 5.74. The van der Waals surface area contributed by atoms with Gasteiger partial charge < -0.3 is 24.4 Å². The van der Waals surface area contributed by atoms with E-state index in [0.29, 0.717) is 18.8 Å². The number of hydrogen-bond donors (Lipinski definition) is 1. The molecule has 3 aromatic carbocycles. The van der Waals surface area contributed by atoms with Crippen LogP contribution in [-0.4, -0.2) is 43.3 Å². The van der Waals surface area contributed by atoms with E-state index in [2.05, 4.69) is 28.8 Å². The second-order valence-corrected chi connectivity index (χ2v) is 10.8. The molecule has 7 heteroatoms. The summed E-state index contributed by atoms with van der Waals surface area (Å²) in [6, 6.07) is 23.5. The molecule has 43 heavy (non-hydrogen) atoms. The molecular formula is C36H42N2O5. The molecule has 2 amide bonds. The number of nitrogens with one attached hydrogen (secondary N) is 1. The van der Waals surface area contributed by atoms with Gasteiger partial charge in [-0.1, -0.05) is 68.7 Å². The number of nitrogens with zero attached hydrogens (tertiary/aromatic N) is 1. The smallest absolute Gasteiger partial charge is 0.343 e. The van der Waals surface area contributed by atoms with Crippen LogP contribution in [0.2, 0.25) is 0 Å². The van der Waals surface area contributed by atoms with Gasteiger partial charge in [-0.3, -0.25) is 0 Å². The average molecular weight is 583 g/mol. The molecule has 1 aliphatic carbocycles. The van der Waals surface area contributed by atoms with Crippen molar-refractivity contribution in [3.8, 4) is 23.3 Å². The Morgan fingerprint density at radius 1 is 0.791 bits per heavy atom. The van der Waals surface area contributed by atoms with E-state index in [9.17, 15) is 9.59 Å². The Labute approximate surface area is 255 Å². The Kier molecular flexibility index (Phi) is 12.4. The SMILES string of the molecule is CCCCOc1ccc(C#Cc2ccc(CN(Cc3ccc(OCC(=O)OC)cc3)C(=O)NC3CCCCC3)cc2)cc1. The minimum absolute atomic E-state index is 0.0658. The molecule has 1 aliphatic rings.